The summed E-state index contributed by atoms with van der Waals surface area (Å²) in [4.78, 5) is 2.56. The monoisotopic (exact) mass is 278 g/mol. The largest absolute Gasteiger partial charge is 0.311 e. The van der Waals surface area contributed by atoms with E-state index >= 15 is 0 Å². The first-order chi connectivity index (χ1) is 9.51. The highest BCUT2D eigenvalue weighted by Crippen LogP contribution is 2.16. The number of aromatic nitrogens is 2. The second-order valence-corrected chi connectivity index (χ2v) is 6.58. The van der Waals surface area contributed by atoms with Crippen molar-refractivity contribution in [3.8, 4) is 0 Å². The van der Waals surface area contributed by atoms with Gasteiger partial charge in [-0.2, -0.15) is 5.10 Å². The molecule has 4 heteroatoms. The van der Waals surface area contributed by atoms with Crippen LogP contribution in [-0.4, -0.2) is 39.9 Å². The number of piperazine rings is 1. The van der Waals surface area contributed by atoms with Crippen molar-refractivity contribution in [2.45, 2.75) is 65.7 Å². The molecule has 1 fully saturated rings. The van der Waals surface area contributed by atoms with Gasteiger partial charge in [0.2, 0.25) is 0 Å². The smallest absolute Gasteiger partial charge is 0.0765 e. The first kappa shape index (κ1) is 15.5. The maximum absolute atomic E-state index is 4.73. The minimum Gasteiger partial charge on any atom is -0.311 e. The first-order valence-electron chi connectivity index (χ1n) is 8.02. The lowest BCUT2D eigenvalue weighted by molar-refractivity contribution is 0.114. The number of hydrogen-bond acceptors (Lipinski definition) is 3. The summed E-state index contributed by atoms with van der Waals surface area (Å²) in [6, 6.07) is 3.85. The molecule has 1 N–H and O–H groups in total. The van der Waals surface area contributed by atoms with Crippen LogP contribution in [0, 0.1) is 5.92 Å². The van der Waals surface area contributed by atoms with Crippen LogP contribution in [0.5, 0.6) is 0 Å². The van der Waals surface area contributed by atoms with Crippen LogP contribution in [0.3, 0.4) is 0 Å². The van der Waals surface area contributed by atoms with Gasteiger partial charge in [0.15, 0.2) is 0 Å². The van der Waals surface area contributed by atoms with Crippen molar-refractivity contribution in [2.24, 2.45) is 5.92 Å². The summed E-state index contributed by atoms with van der Waals surface area (Å²) in [6.45, 7) is 14.5. The molecule has 1 aromatic heterocycles. The number of hydrogen-bond donors (Lipinski definition) is 1. The highest BCUT2D eigenvalue weighted by Gasteiger charge is 2.27. The standard InChI is InChI=1S/C16H30N4/c1-6-13(4)20-8-7-15(18-20)10-19-11-16(12(2)3)17-9-14(19)5/h7-8,12-14,16-17H,6,9-11H2,1-5H3. The van der Waals surface area contributed by atoms with E-state index in [1.807, 2.05) is 0 Å². The van der Waals surface area contributed by atoms with Gasteiger partial charge in [-0.05, 0) is 32.3 Å². The third kappa shape index (κ3) is 3.61. The zero-order chi connectivity index (χ0) is 14.7. The predicted octanol–water partition coefficient (Wildman–Crippen LogP) is 2.67. The van der Waals surface area contributed by atoms with E-state index < -0.39 is 0 Å². The molecule has 20 heavy (non-hydrogen) atoms. The Kier molecular flexibility index (Phi) is 5.22. The van der Waals surface area contributed by atoms with Gasteiger partial charge in [0.25, 0.3) is 0 Å². The zero-order valence-corrected chi connectivity index (χ0v) is 13.6. The molecule has 3 atom stereocenters. The normalized spacial score (nSPS) is 26.1. The number of nitrogens with one attached hydrogen (secondary N) is 1. The minimum atomic E-state index is 0.493. The van der Waals surface area contributed by atoms with E-state index in [1.54, 1.807) is 0 Å². The van der Waals surface area contributed by atoms with E-state index in [1.165, 1.54) is 5.69 Å². The van der Waals surface area contributed by atoms with E-state index in [2.05, 4.69) is 61.8 Å². The zero-order valence-electron chi connectivity index (χ0n) is 13.6. The molecule has 2 rings (SSSR count). The third-order valence-corrected chi connectivity index (χ3v) is 4.61. The van der Waals surface area contributed by atoms with Crippen LogP contribution >= 0.6 is 0 Å². The maximum Gasteiger partial charge on any atom is 0.0765 e. The van der Waals surface area contributed by atoms with Gasteiger partial charge in [0, 0.05) is 44.0 Å². The molecule has 0 aromatic carbocycles. The first-order valence-corrected chi connectivity index (χ1v) is 8.02. The molecule has 1 saturated heterocycles. The second kappa shape index (κ2) is 6.72. The Morgan fingerprint density at radius 2 is 2.15 bits per heavy atom. The summed E-state index contributed by atoms with van der Waals surface area (Å²) < 4.78 is 2.10. The lowest BCUT2D eigenvalue weighted by Crippen LogP contribution is -2.56. The van der Waals surface area contributed by atoms with Crippen LogP contribution in [0.2, 0.25) is 0 Å². The summed E-state index contributed by atoms with van der Waals surface area (Å²) in [5.41, 5.74) is 1.20. The molecule has 0 saturated carbocycles. The highest BCUT2D eigenvalue weighted by atomic mass is 15.3. The third-order valence-electron chi connectivity index (χ3n) is 4.61. The van der Waals surface area contributed by atoms with Crippen LogP contribution in [0.25, 0.3) is 0 Å². The topological polar surface area (TPSA) is 33.1 Å². The van der Waals surface area contributed by atoms with Gasteiger partial charge in [-0.3, -0.25) is 9.58 Å². The van der Waals surface area contributed by atoms with E-state index in [9.17, 15) is 0 Å². The van der Waals surface area contributed by atoms with E-state index in [4.69, 9.17) is 5.10 Å². The molecule has 0 aliphatic carbocycles. The molecule has 0 radical (unpaired) electrons. The van der Waals surface area contributed by atoms with Crippen LogP contribution in [0.1, 0.15) is 52.8 Å². The van der Waals surface area contributed by atoms with Gasteiger partial charge in [-0.25, -0.2) is 0 Å². The Morgan fingerprint density at radius 1 is 1.40 bits per heavy atom. The van der Waals surface area contributed by atoms with Crippen LogP contribution < -0.4 is 5.32 Å². The van der Waals surface area contributed by atoms with Crippen molar-refractivity contribution in [1.82, 2.24) is 20.0 Å². The molecule has 114 valence electrons. The number of rotatable bonds is 5. The van der Waals surface area contributed by atoms with E-state index in [0.29, 0.717) is 24.0 Å². The lowest BCUT2D eigenvalue weighted by atomic mass is 10.00. The fourth-order valence-electron chi connectivity index (χ4n) is 2.72. The molecule has 1 aliphatic rings. The molecule has 2 heterocycles. The van der Waals surface area contributed by atoms with Crippen molar-refractivity contribution in [3.63, 3.8) is 0 Å². The molecular weight excluding hydrogens is 248 g/mol. The Hall–Kier alpha value is -0.870. The van der Waals surface area contributed by atoms with E-state index in [0.717, 1.165) is 26.1 Å². The van der Waals surface area contributed by atoms with Crippen molar-refractivity contribution < 1.29 is 0 Å². The summed E-state index contributed by atoms with van der Waals surface area (Å²) in [5.74, 6) is 0.683. The van der Waals surface area contributed by atoms with Crippen LogP contribution in [-0.2, 0) is 6.54 Å². The highest BCUT2D eigenvalue weighted by molar-refractivity contribution is 5.01. The van der Waals surface area contributed by atoms with Gasteiger partial charge < -0.3 is 5.32 Å². The predicted molar refractivity (Wildman–Crippen MR) is 83.7 cm³/mol. The molecule has 0 bridgehead atoms. The second-order valence-electron chi connectivity index (χ2n) is 6.58. The lowest BCUT2D eigenvalue weighted by Gasteiger charge is -2.40. The Morgan fingerprint density at radius 3 is 2.80 bits per heavy atom. The fraction of sp³-hybridized carbons (Fsp3) is 0.812. The molecule has 1 aliphatic heterocycles. The Bertz CT molecular complexity index is 412. The van der Waals surface area contributed by atoms with Crippen molar-refractivity contribution in [1.29, 1.82) is 0 Å². The maximum atomic E-state index is 4.73. The number of nitrogens with zero attached hydrogens (tertiary/aromatic N) is 3. The Balaban J connectivity index is 1.98. The molecule has 1 aromatic rings. The van der Waals surface area contributed by atoms with Crippen molar-refractivity contribution in [3.05, 3.63) is 18.0 Å². The summed E-state index contributed by atoms with van der Waals surface area (Å²) in [7, 11) is 0. The van der Waals surface area contributed by atoms with Gasteiger partial charge in [0.05, 0.1) is 5.69 Å². The summed E-state index contributed by atoms with van der Waals surface area (Å²) in [6.07, 6.45) is 3.25. The molecular formula is C16H30N4. The molecule has 0 amide bonds. The van der Waals surface area contributed by atoms with Gasteiger partial charge >= 0.3 is 0 Å². The SMILES string of the molecule is CCC(C)n1ccc(CN2CC(C(C)C)NCC2C)n1. The van der Waals surface area contributed by atoms with Crippen LogP contribution in [0.15, 0.2) is 12.3 Å². The summed E-state index contributed by atoms with van der Waals surface area (Å²) in [5, 5.41) is 8.38. The molecule has 4 nitrogen and oxygen atoms in total. The van der Waals surface area contributed by atoms with Gasteiger partial charge in [0.1, 0.15) is 0 Å². The minimum absolute atomic E-state index is 0.493. The molecule has 3 unspecified atom stereocenters. The quantitative estimate of drug-likeness (QED) is 0.899. The molecule has 0 spiro atoms. The van der Waals surface area contributed by atoms with Gasteiger partial charge in [-0.15, -0.1) is 0 Å². The summed E-state index contributed by atoms with van der Waals surface area (Å²) >= 11 is 0. The fourth-order valence-corrected chi connectivity index (χ4v) is 2.72. The van der Waals surface area contributed by atoms with Crippen LogP contribution in [0.4, 0.5) is 0 Å². The average Bonchev–Trinajstić information content (AvgIpc) is 2.88. The van der Waals surface area contributed by atoms with Crippen molar-refractivity contribution >= 4 is 0 Å². The average molecular weight is 278 g/mol. The van der Waals surface area contributed by atoms with Gasteiger partial charge in [-0.1, -0.05) is 20.8 Å². The van der Waals surface area contributed by atoms with Crippen molar-refractivity contribution in [2.75, 3.05) is 13.1 Å². The van der Waals surface area contributed by atoms with E-state index in [-0.39, 0.29) is 0 Å². The Labute approximate surface area is 123 Å².